The average molecular weight is 286 g/mol. The number of benzene rings is 1. The molecule has 0 amide bonds. The highest BCUT2D eigenvalue weighted by molar-refractivity contribution is 14.1. The minimum Gasteiger partial charge on any atom is -0.278 e. The number of H-pyrrole nitrogens is 1. The van der Waals surface area contributed by atoms with Crippen LogP contribution in [-0.2, 0) is 0 Å². The van der Waals surface area contributed by atoms with E-state index in [4.69, 9.17) is 0 Å². The Morgan fingerprint density at radius 2 is 2.15 bits per heavy atom. The molecule has 2 rings (SSSR count). The van der Waals surface area contributed by atoms with Gasteiger partial charge in [-0.15, -0.1) is 0 Å². The Labute approximate surface area is 90.9 Å². The van der Waals surface area contributed by atoms with Gasteiger partial charge in [0.05, 0.1) is 11.7 Å². The van der Waals surface area contributed by atoms with Crippen LogP contribution >= 0.6 is 22.6 Å². The molecule has 0 bridgehead atoms. The summed E-state index contributed by atoms with van der Waals surface area (Å²) in [5, 5.41) is 8.25. The molecule has 0 saturated carbocycles. The Hall–Kier alpha value is -0.580. The summed E-state index contributed by atoms with van der Waals surface area (Å²) in [5.41, 5.74) is 2.50. The minimum absolute atomic E-state index is 0.571. The van der Waals surface area contributed by atoms with Gasteiger partial charge in [0.1, 0.15) is 0 Å². The highest BCUT2D eigenvalue weighted by atomic mass is 127. The Morgan fingerprint density at radius 1 is 1.38 bits per heavy atom. The molecule has 0 spiro atoms. The van der Waals surface area contributed by atoms with Gasteiger partial charge >= 0.3 is 0 Å². The van der Waals surface area contributed by atoms with E-state index >= 15 is 0 Å². The van der Waals surface area contributed by atoms with Crippen LogP contribution < -0.4 is 0 Å². The van der Waals surface area contributed by atoms with Gasteiger partial charge in [-0.2, -0.15) is 5.10 Å². The minimum atomic E-state index is 0.571. The summed E-state index contributed by atoms with van der Waals surface area (Å²) >= 11 is 2.35. The maximum Gasteiger partial charge on any atom is 0.0663 e. The van der Waals surface area contributed by atoms with Gasteiger partial charge in [0.2, 0.25) is 0 Å². The number of aromatic amines is 1. The smallest absolute Gasteiger partial charge is 0.0663 e. The molecule has 1 N–H and O–H groups in total. The predicted molar refractivity (Wildman–Crippen MR) is 62.9 cm³/mol. The van der Waals surface area contributed by atoms with Crippen molar-refractivity contribution in [3.05, 3.63) is 27.5 Å². The summed E-state index contributed by atoms with van der Waals surface area (Å²) in [6.45, 7) is 4.40. The number of rotatable bonds is 1. The van der Waals surface area contributed by atoms with E-state index < -0.39 is 0 Å². The lowest BCUT2D eigenvalue weighted by molar-refractivity contribution is 0.867. The van der Waals surface area contributed by atoms with E-state index in [1.807, 2.05) is 6.20 Å². The van der Waals surface area contributed by atoms with Crippen molar-refractivity contribution in [2.45, 2.75) is 19.8 Å². The number of hydrogen-bond acceptors (Lipinski definition) is 1. The summed E-state index contributed by atoms with van der Waals surface area (Å²) in [6.07, 6.45) is 1.88. The number of nitrogens with zero attached hydrogens (tertiary/aromatic N) is 1. The number of aromatic nitrogens is 2. The molecule has 1 heterocycles. The van der Waals surface area contributed by atoms with Gasteiger partial charge in [-0.25, -0.2) is 0 Å². The molecule has 0 fully saturated rings. The van der Waals surface area contributed by atoms with Crippen LogP contribution in [0, 0.1) is 3.57 Å². The number of nitrogens with one attached hydrogen (secondary N) is 1. The van der Waals surface area contributed by atoms with Crippen molar-refractivity contribution in [1.82, 2.24) is 10.2 Å². The topological polar surface area (TPSA) is 28.7 Å². The SMILES string of the molecule is CC(C)c1cc(I)c2cn[nH]c2c1. The van der Waals surface area contributed by atoms with E-state index in [0.29, 0.717) is 5.92 Å². The molecule has 1 aromatic heterocycles. The fourth-order valence-corrected chi connectivity index (χ4v) is 2.15. The zero-order valence-corrected chi connectivity index (χ0v) is 9.79. The molecule has 2 aromatic rings. The Bertz CT molecular complexity index is 431. The van der Waals surface area contributed by atoms with Crippen LogP contribution in [0.25, 0.3) is 10.9 Å². The summed E-state index contributed by atoms with van der Waals surface area (Å²) in [7, 11) is 0. The third-order valence-corrected chi connectivity index (χ3v) is 3.09. The molecular weight excluding hydrogens is 275 g/mol. The van der Waals surface area contributed by atoms with Crippen molar-refractivity contribution < 1.29 is 0 Å². The molecule has 68 valence electrons. The largest absolute Gasteiger partial charge is 0.278 e. The lowest BCUT2D eigenvalue weighted by atomic mass is 10.0. The van der Waals surface area contributed by atoms with E-state index in [-0.39, 0.29) is 0 Å². The van der Waals surface area contributed by atoms with E-state index in [2.05, 4.69) is 58.8 Å². The van der Waals surface area contributed by atoms with Crippen molar-refractivity contribution in [3.63, 3.8) is 0 Å². The molecule has 1 aromatic carbocycles. The van der Waals surface area contributed by atoms with Gasteiger partial charge in [0.25, 0.3) is 0 Å². The van der Waals surface area contributed by atoms with E-state index in [9.17, 15) is 0 Å². The van der Waals surface area contributed by atoms with Crippen molar-refractivity contribution in [1.29, 1.82) is 0 Å². The van der Waals surface area contributed by atoms with Gasteiger partial charge < -0.3 is 0 Å². The summed E-state index contributed by atoms with van der Waals surface area (Å²) in [5.74, 6) is 0.571. The molecule has 0 radical (unpaired) electrons. The van der Waals surface area contributed by atoms with Crippen LogP contribution in [0.4, 0.5) is 0 Å². The second kappa shape index (κ2) is 3.29. The van der Waals surface area contributed by atoms with Crippen LogP contribution in [0.5, 0.6) is 0 Å². The molecule has 0 aliphatic heterocycles. The maximum atomic E-state index is 4.03. The molecule has 0 saturated heterocycles. The summed E-state index contributed by atoms with van der Waals surface area (Å²) < 4.78 is 1.27. The first-order valence-electron chi connectivity index (χ1n) is 4.31. The maximum absolute atomic E-state index is 4.03. The van der Waals surface area contributed by atoms with Gasteiger partial charge in [0.15, 0.2) is 0 Å². The van der Waals surface area contributed by atoms with Crippen molar-refractivity contribution >= 4 is 33.5 Å². The number of fused-ring (bicyclic) bond motifs is 1. The number of hydrogen-bond donors (Lipinski definition) is 1. The van der Waals surface area contributed by atoms with Crippen LogP contribution in [0.3, 0.4) is 0 Å². The molecule has 13 heavy (non-hydrogen) atoms. The first-order chi connectivity index (χ1) is 6.18. The quantitative estimate of drug-likeness (QED) is 0.801. The molecule has 3 heteroatoms. The predicted octanol–water partition coefficient (Wildman–Crippen LogP) is 3.29. The Kier molecular flexibility index (Phi) is 2.27. The second-order valence-electron chi connectivity index (χ2n) is 3.49. The molecule has 0 aliphatic rings. The standard InChI is InChI=1S/C10H11IN2/c1-6(2)7-3-9(11)8-5-12-13-10(8)4-7/h3-6H,1-2H3,(H,12,13). The third kappa shape index (κ3) is 1.57. The zero-order valence-electron chi connectivity index (χ0n) is 7.63. The Morgan fingerprint density at radius 3 is 2.85 bits per heavy atom. The van der Waals surface area contributed by atoms with Crippen LogP contribution in [0.15, 0.2) is 18.3 Å². The van der Waals surface area contributed by atoms with Gasteiger partial charge in [-0.1, -0.05) is 13.8 Å². The van der Waals surface area contributed by atoms with Crippen molar-refractivity contribution in [2.24, 2.45) is 0 Å². The van der Waals surface area contributed by atoms with Gasteiger partial charge in [-0.05, 0) is 46.2 Å². The van der Waals surface area contributed by atoms with Gasteiger partial charge in [-0.3, -0.25) is 5.10 Å². The lowest BCUT2D eigenvalue weighted by Gasteiger charge is -2.05. The highest BCUT2D eigenvalue weighted by Crippen LogP contribution is 2.24. The molecular formula is C10H11IN2. The molecule has 0 aliphatic carbocycles. The summed E-state index contributed by atoms with van der Waals surface area (Å²) in [6, 6.07) is 4.40. The molecule has 0 unspecified atom stereocenters. The lowest BCUT2D eigenvalue weighted by Crippen LogP contribution is -1.88. The highest BCUT2D eigenvalue weighted by Gasteiger charge is 2.05. The molecule has 0 atom stereocenters. The third-order valence-electron chi connectivity index (χ3n) is 2.20. The first-order valence-corrected chi connectivity index (χ1v) is 5.39. The van der Waals surface area contributed by atoms with Crippen molar-refractivity contribution in [3.8, 4) is 0 Å². The van der Waals surface area contributed by atoms with Crippen LogP contribution in [0.2, 0.25) is 0 Å². The average Bonchev–Trinajstić information content (AvgIpc) is 2.51. The van der Waals surface area contributed by atoms with Crippen molar-refractivity contribution in [2.75, 3.05) is 0 Å². The summed E-state index contributed by atoms with van der Waals surface area (Å²) in [4.78, 5) is 0. The number of halogens is 1. The van der Waals surface area contributed by atoms with E-state index in [1.54, 1.807) is 0 Å². The fourth-order valence-electron chi connectivity index (χ4n) is 1.36. The second-order valence-corrected chi connectivity index (χ2v) is 4.65. The monoisotopic (exact) mass is 286 g/mol. The van der Waals surface area contributed by atoms with Crippen LogP contribution in [0.1, 0.15) is 25.3 Å². The van der Waals surface area contributed by atoms with E-state index in [0.717, 1.165) is 5.52 Å². The van der Waals surface area contributed by atoms with Crippen LogP contribution in [-0.4, -0.2) is 10.2 Å². The Balaban J connectivity index is 2.70. The van der Waals surface area contributed by atoms with E-state index in [1.165, 1.54) is 14.5 Å². The van der Waals surface area contributed by atoms with Gasteiger partial charge in [0, 0.05) is 8.96 Å². The normalized spacial score (nSPS) is 11.4. The first kappa shape index (κ1) is 8.99. The molecule has 2 nitrogen and oxygen atoms in total. The zero-order chi connectivity index (χ0) is 9.42. The fraction of sp³-hybridized carbons (Fsp3) is 0.300.